The van der Waals surface area contributed by atoms with Gasteiger partial charge in [-0.3, -0.25) is 0 Å². The molecule has 5 rings (SSSR count). The maximum atomic E-state index is 10.6. The minimum atomic E-state index is -1.25. The number of aliphatic hydroxyl groups excluding tert-OH is 3. The minimum absolute atomic E-state index is 0.402. The van der Waals surface area contributed by atoms with Gasteiger partial charge in [0.2, 0.25) is 0 Å². The average Bonchev–Trinajstić information content (AvgIpc) is 3.35. The number of halogens is 2. The number of benzene rings is 2. The molecule has 0 unspecified atom stereocenters. The number of nitrogens with zero attached hydrogens (tertiary/aromatic N) is 3. The first-order valence-corrected chi connectivity index (χ1v) is 11.0. The summed E-state index contributed by atoms with van der Waals surface area (Å²) < 4.78 is 7.42. The summed E-state index contributed by atoms with van der Waals surface area (Å²) in [4.78, 5) is 8.89. The van der Waals surface area contributed by atoms with Crippen molar-refractivity contribution in [2.75, 3.05) is 11.9 Å². The van der Waals surface area contributed by atoms with Crippen LogP contribution in [0.15, 0.2) is 61.1 Å². The molecule has 4 aromatic rings. The molecule has 33 heavy (non-hydrogen) atoms. The lowest BCUT2D eigenvalue weighted by atomic mass is 10.1. The number of fused-ring (bicyclic) bond motifs is 1. The quantitative estimate of drug-likeness (QED) is 0.339. The topological polar surface area (TPSA) is 113 Å². The highest BCUT2D eigenvalue weighted by molar-refractivity contribution is 6.42. The molecule has 0 amide bonds. The SMILES string of the molecule is OC[C@H]1O[C@@H](n2cc(-c3ccccc3)c3c(Nc4ccc(Cl)c(Cl)c4)ncnc32)[C@@H](O)[C@H]1O. The number of aromatic nitrogens is 3. The van der Waals surface area contributed by atoms with Gasteiger partial charge in [0.1, 0.15) is 36.1 Å². The van der Waals surface area contributed by atoms with Gasteiger partial charge >= 0.3 is 0 Å². The van der Waals surface area contributed by atoms with Gasteiger partial charge < -0.3 is 29.9 Å². The van der Waals surface area contributed by atoms with Crippen molar-refractivity contribution in [2.45, 2.75) is 24.5 Å². The molecule has 0 spiro atoms. The van der Waals surface area contributed by atoms with Crippen LogP contribution >= 0.6 is 23.2 Å². The molecule has 0 bridgehead atoms. The maximum absolute atomic E-state index is 10.6. The Bertz CT molecular complexity index is 1300. The second-order valence-electron chi connectivity index (χ2n) is 7.72. The molecular formula is C23H20Cl2N4O4. The third kappa shape index (κ3) is 3.95. The van der Waals surface area contributed by atoms with Crippen LogP contribution in [-0.4, -0.2) is 54.8 Å². The van der Waals surface area contributed by atoms with Crippen LogP contribution in [0.25, 0.3) is 22.2 Å². The molecule has 170 valence electrons. The molecule has 1 aliphatic rings. The fourth-order valence-electron chi connectivity index (χ4n) is 4.03. The minimum Gasteiger partial charge on any atom is -0.394 e. The smallest absolute Gasteiger partial charge is 0.164 e. The number of nitrogens with one attached hydrogen (secondary N) is 1. The van der Waals surface area contributed by atoms with Gasteiger partial charge in [0.05, 0.1) is 22.0 Å². The van der Waals surface area contributed by atoms with Crippen molar-refractivity contribution in [3.05, 3.63) is 71.1 Å². The first-order chi connectivity index (χ1) is 16.0. The van der Waals surface area contributed by atoms with Gasteiger partial charge in [0.25, 0.3) is 0 Å². The molecule has 3 heterocycles. The van der Waals surface area contributed by atoms with Crippen molar-refractivity contribution in [3.8, 4) is 11.1 Å². The summed E-state index contributed by atoms with van der Waals surface area (Å²) in [5.41, 5.74) is 2.87. The molecule has 4 N–H and O–H groups in total. The van der Waals surface area contributed by atoms with Crippen molar-refractivity contribution >= 4 is 45.7 Å². The summed E-state index contributed by atoms with van der Waals surface area (Å²) in [6, 6.07) is 14.8. The molecule has 1 fully saturated rings. The molecule has 4 atom stereocenters. The van der Waals surface area contributed by atoms with Gasteiger partial charge in [-0.15, -0.1) is 0 Å². The summed E-state index contributed by atoms with van der Waals surface area (Å²) >= 11 is 12.2. The summed E-state index contributed by atoms with van der Waals surface area (Å²) in [6.07, 6.45) is -1.12. The van der Waals surface area contributed by atoms with Crippen LogP contribution in [0.4, 0.5) is 11.5 Å². The van der Waals surface area contributed by atoms with E-state index in [1.807, 2.05) is 30.3 Å². The van der Waals surface area contributed by atoms with E-state index in [0.29, 0.717) is 32.6 Å². The van der Waals surface area contributed by atoms with E-state index in [4.69, 9.17) is 27.9 Å². The standard InChI is InChI=1S/C23H20Cl2N4O4/c24-15-7-6-13(8-16(15)25)28-21-18-14(12-4-2-1-3-5-12)9-29(22(18)27-11-26-21)23-20(32)19(31)17(10-30)33-23/h1-9,11,17,19-20,23,30-32H,10H2,(H,26,27,28)/t17-,19+,20+,23-/m1/s1. The summed E-state index contributed by atoms with van der Waals surface area (Å²) in [5, 5.41) is 35.2. The van der Waals surface area contributed by atoms with Gasteiger partial charge in [-0.25, -0.2) is 9.97 Å². The van der Waals surface area contributed by atoms with Crippen LogP contribution in [-0.2, 0) is 4.74 Å². The first kappa shape index (κ1) is 22.1. The van der Waals surface area contributed by atoms with Crippen molar-refractivity contribution in [2.24, 2.45) is 0 Å². The number of hydrogen-bond acceptors (Lipinski definition) is 7. The zero-order valence-corrected chi connectivity index (χ0v) is 18.6. The fraction of sp³-hybridized carbons (Fsp3) is 0.217. The Kier molecular flexibility index (Phi) is 5.96. The molecule has 0 radical (unpaired) electrons. The molecule has 10 heteroatoms. The van der Waals surface area contributed by atoms with Gasteiger partial charge in [-0.2, -0.15) is 0 Å². The Labute approximate surface area is 199 Å². The Morgan fingerprint density at radius 2 is 1.79 bits per heavy atom. The number of anilines is 2. The van der Waals surface area contributed by atoms with Crippen LogP contribution in [0.1, 0.15) is 6.23 Å². The highest BCUT2D eigenvalue weighted by Gasteiger charge is 2.44. The van der Waals surface area contributed by atoms with E-state index in [2.05, 4.69) is 15.3 Å². The number of ether oxygens (including phenoxy) is 1. The molecule has 2 aromatic carbocycles. The van der Waals surface area contributed by atoms with Crippen molar-refractivity contribution in [3.63, 3.8) is 0 Å². The normalized spacial score (nSPS) is 22.7. The van der Waals surface area contributed by atoms with Gasteiger partial charge in [0.15, 0.2) is 6.23 Å². The maximum Gasteiger partial charge on any atom is 0.164 e. The summed E-state index contributed by atoms with van der Waals surface area (Å²) in [7, 11) is 0. The zero-order valence-electron chi connectivity index (χ0n) is 17.1. The average molecular weight is 487 g/mol. The van der Waals surface area contributed by atoms with E-state index in [1.165, 1.54) is 6.33 Å². The largest absolute Gasteiger partial charge is 0.394 e. The van der Waals surface area contributed by atoms with E-state index >= 15 is 0 Å². The van der Waals surface area contributed by atoms with Gasteiger partial charge in [-0.1, -0.05) is 53.5 Å². The lowest BCUT2D eigenvalue weighted by molar-refractivity contribution is -0.0508. The molecule has 2 aromatic heterocycles. The lowest BCUT2D eigenvalue weighted by Gasteiger charge is -2.17. The molecule has 0 saturated carbocycles. The molecule has 8 nitrogen and oxygen atoms in total. The second kappa shape index (κ2) is 8.90. The van der Waals surface area contributed by atoms with Crippen molar-refractivity contribution < 1.29 is 20.1 Å². The van der Waals surface area contributed by atoms with Crippen LogP contribution in [0.2, 0.25) is 10.0 Å². The van der Waals surface area contributed by atoms with Gasteiger partial charge in [0, 0.05) is 17.4 Å². The molecule has 0 aliphatic carbocycles. The zero-order chi connectivity index (χ0) is 23.1. The van der Waals surface area contributed by atoms with E-state index in [-0.39, 0.29) is 0 Å². The monoisotopic (exact) mass is 486 g/mol. The van der Waals surface area contributed by atoms with Crippen molar-refractivity contribution in [1.29, 1.82) is 0 Å². The third-order valence-electron chi connectivity index (χ3n) is 5.67. The first-order valence-electron chi connectivity index (χ1n) is 10.2. The number of rotatable bonds is 5. The van der Waals surface area contributed by atoms with Crippen molar-refractivity contribution in [1.82, 2.24) is 14.5 Å². The van der Waals surface area contributed by atoms with E-state index in [0.717, 1.165) is 11.1 Å². The Morgan fingerprint density at radius 1 is 1.00 bits per heavy atom. The fourth-order valence-corrected chi connectivity index (χ4v) is 4.33. The van der Waals surface area contributed by atoms with Crippen LogP contribution in [0.3, 0.4) is 0 Å². The Hall–Kier alpha value is -2.72. The van der Waals surface area contributed by atoms with Crippen LogP contribution < -0.4 is 5.32 Å². The molecular weight excluding hydrogens is 467 g/mol. The number of hydrogen-bond donors (Lipinski definition) is 4. The van der Waals surface area contributed by atoms with Gasteiger partial charge in [-0.05, 0) is 23.8 Å². The molecule has 1 aliphatic heterocycles. The highest BCUT2D eigenvalue weighted by atomic mass is 35.5. The third-order valence-corrected chi connectivity index (χ3v) is 6.41. The predicted octanol–water partition coefficient (Wildman–Crippen LogP) is 3.76. The van der Waals surface area contributed by atoms with E-state index < -0.39 is 31.1 Å². The summed E-state index contributed by atoms with van der Waals surface area (Å²) in [5.74, 6) is 0.516. The molecule has 1 saturated heterocycles. The van der Waals surface area contributed by atoms with Crippen LogP contribution in [0, 0.1) is 0 Å². The predicted molar refractivity (Wildman–Crippen MR) is 126 cm³/mol. The Balaban J connectivity index is 1.67. The number of aliphatic hydroxyl groups is 3. The van der Waals surface area contributed by atoms with Crippen LogP contribution in [0.5, 0.6) is 0 Å². The van der Waals surface area contributed by atoms with E-state index in [9.17, 15) is 15.3 Å². The van der Waals surface area contributed by atoms with E-state index in [1.54, 1.807) is 29.0 Å². The lowest BCUT2D eigenvalue weighted by Crippen LogP contribution is -2.33. The second-order valence-corrected chi connectivity index (χ2v) is 8.53. The highest BCUT2D eigenvalue weighted by Crippen LogP contribution is 2.40. The Morgan fingerprint density at radius 3 is 2.48 bits per heavy atom. The summed E-state index contributed by atoms with van der Waals surface area (Å²) in [6.45, 7) is -0.418.